The number of benzene rings is 3. The molecule has 3 aromatic carbocycles. The Labute approximate surface area is 152 Å². The van der Waals surface area contributed by atoms with Gasteiger partial charge in [-0.3, -0.25) is 0 Å². The maximum Gasteiger partial charge on any atom is 0.0355 e. The second-order valence-electron chi connectivity index (χ2n) is 7.21. The van der Waals surface area contributed by atoms with E-state index in [9.17, 15) is 0 Å². The van der Waals surface area contributed by atoms with E-state index in [0.29, 0.717) is 5.92 Å². The molecule has 1 aliphatic carbocycles. The molecule has 1 aliphatic rings. The minimum absolute atomic E-state index is 0.100. The van der Waals surface area contributed by atoms with Crippen LogP contribution < -0.4 is 0 Å². The fourth-order valence-electron chi connectivity index (χ4n) is 3.93. The average Bonchev–Trinajstić information content (AvgIpc) is 2.96. The van der Waals surface area contributed by atoms with Gasteiger partial charge in [-0.1, -0.05) is 103 Å². The minimum Gasteiger partial charge on any atom is -0.0919 e. The van der Waals surface area contributed by atoms with Crippen LogP contribution in [-0.4, -0.2) is 5.33 Å². The molecular weight excluding hydrogens is 356 g/mol. The van der Waals surface area contributed by atoms with Gasteiger partial charge >= 0.3 is 0 Å². The Hall–Kier alpha value is -1.86. The minimum atomic E-state index is 0.100. The topological polar surface area (TPSA) is 0 Å². The third-order valence-electron chi connectivity index (χ3n) is 5.17. The quantitative estimate of drug-likeness (QED) is 0.357. The van der Waals surface area contributed by atoms with Crippen molar-refractivity contribution < 1.29 is 0 Å². The summed E-state index contributed by atoms with van der Waals surface area (Å²) < 4.78 is 0. The molecule has 1 heteroatoms. The molecule has 0 amide bonds. The van der Waals surface area contributed by atoms with Gasteiger partial charge in [-0.2, -0.15) is 0 Å². The lowest BCUT2D eigenvalue weighted by Crippen LogP contribution is -2.22. The Morgan fingerprint density at radius 3 is 1.71 bits per heavy atom. The van der Waals surface area contributed by atoms with Crippen LogP contribution in [0, 0.1) is 0 Å². The molecular formula is C23H21Br. The largest absolute Gasteiger partial charge is 0.0919 e. The van der Waals surface area contributed by atoms with Crippen molar-refractivity contribution in [3.63, 3.8) is 0 Å². The highest BCUT2D eigenvalue weighted by Crippen LogP contribution is 2.49. The van der Waals surface area contributed by atoms with E-state index in [1.165, 1.54) is 33.4 Å². The van der Waals surface area contributed by atoms with Gasteiger partial charge in [-0.25, -0.2) is 0 Å². The molecule has 3 aromatic rings. The predicted molar refractivity (Wildman–Crippen MR) is 106 cm³/mol. The molecule has 24 heavy (non-hydrogen) atoms. The maximum absolute atomic E-state index is 3.71. The third-order valence-corrected chi connectivity index (χ3v) is 6.57. The highest BCUT2D eigenvalue weighted by atomic mass is 79.9. The predicted octanol–water partition coefficient (Wildman–Crippen LogP) is 6.52. The van der Waals surface area contributed by atoms with Crippen LogP contribution in [0.4, 0.5) is 0 Å². The van der Waals surface area contributed by atoms with E-state index in [4.69, 9.17) is 0 Å². The van der Waals surface area contributed by atoms with Crippen LogP contribution in [0.25, 0.3) is 11.1 Å². The number of alkyl halides is 1. The van der Waals surface area contributed by atoms with Crippen molar-refractivity contribution in [3.8, 4) is 11.1 Å². The monoisotopic (exact) mass is 376 g/mol. The fourth-order valence-corrected chi connectivity index (χ4v) is 4.23. The van der Waals surface area contributed by atoms with Crippen LogP contribution in [0.1, 0.15) is 42.0 Å². The first kappa shape index (κ1) is 15.7. The van der Waals surface area contributed by atoms with Gasteiger partial charge in [0.15, 0.2) is 0 Å². The van der Waals surface area contributed by atoms with E-state index in [0.717, 1.165) is 5.33 Å². The molecule has 4 rings (SSSR count). The molecule has 0 aliphatic heterocycles. The Morgan fingerprint density at radius 2 is 1.17 bits per heavy atom. The molecule has 0 atom stereocenters. The summed E-state index contributed by atoms with van der Waals surface area (Å²) in [5.41, 5.74) is 8.57. The summed E-state index contributed by atoms with van der Waals surface area (Å²) in [4.78, 5) is 0. The van der Waals surface area contributed by atoms with Gasteiger partial charge in [0.05, 0.1) is 0 Å². The first-order chi connectivity index (χ1) is 11.6. The maximum atomic E-state index is 3.71. The lowest BCUT2D eigenvalue weighted by Gasteiger charge is -2.28. The standard InChI is InChI=1S/C23H21Br/c1-23(2,15-24)21-14-8-7-13-20(21)22-18-11-5-3-9-16(18)17-10-4-6-12-19(17)22/h3-14,22H,15H2,1-2H3. The number of fused-ring (bicyclic) bond motifs is 3. The van der Waals surface area contributed by atoms with E-state index in [1.807, 2.05) is 0 Å². The summed E-state index contributed by atoms with van der Waals surface area (Å²) in [6.07, 6.45) is 0. The Morgan fingerprint density at radius 1 is 0.708 bits per heavy atom. The second-order valence-corrected chi connectivity index (χ2v) is 7.77. The van der Waals surface area contributed by atoms with Crippen molar-refractivity contribution in [3.05, 3.63) is 95.1 Å². The smallest absolute Gasteiger partial charge is 0.0355 e. The summed E-state index contributed by atoms with van der Waals surface area (Å²) in [5, 5.41) is 0.951. The Kier molecular flexibility index (Phi) is 3.85. The summed E-state index contributed by atoms with van der Waals surface area (Å²) in [7, 11) is 0. The molecule has 0 heterocycles. The SMILES string of the molecule is CC(C)(CBr)c1ccccc1C1c2ccccc2-c2ccccc21. The second kappa shape index (κ2) is 5.89. The van der Waals surface area contributed by atoms with Crippen LogP contribution in [0.5, 0.6) is 0 Å². The van der Waals surface area contributed by atoms with E-state index >= 15 is 0 Å². The van der Waals surface area contributed by atoms with Crippen LogP contribution in [0.3, 0.4) is 0 Å². The van der Waals surface area contributed by atoms with E-state index in [1.54, 1.807) is 0 Å². The molecule has 120 valence electrons. The van der Waals surface area contributed by atoms with Gasteiger partial charge in [0, 0.05) is 11.2 Å². The summed E-state index contributed by atoms with van der Waals surface area (Å²) in [6.45, 7) is 4.63. The Balaban J connectivity index is 1.99. The van der Waals surface area contributed by atoms with Crippen LogP contribution >= 0.6 is 15.9 Å². The van der Waals surface area contributed by atoms with Crippen LogP contribution in [0.15, 0.2) is 72.8 Å². The van der Waals surface area contributed by atoms with Crippen LogP contribution in [0.2, 0.25) is 0 Å². The van der Waals surface area contributed by atoms with Crippen LogP contribution in [-0.2, 0) is 5.41 Å². The average molecular weight is 377 g/mol. The molecule has 0 saturated carbocycles. The van der Waals surface area contributed by atoms with Crippen molar-refractivity contribution in [2.45, 2.75) is 25.2 Å². The van der Waals surface area contributed by atoms with Gasteiger partial charge in [0.2, 0.25) is 0 Å². The van der Waals surface area contributed by atoms with Crippen molar-refractivity contribution in [2.24, 2.45) is 0 Å². The molecule has 0 radical (unpaired) electrons. The molecule has 0 nitrogen and oxygen atoms in total. The molecule has 0 aromatic heterocycles. The zero-order valence-electron chi connectivity index (χ0n) is 14.1. The zero-order valence-corrected chi connectivity index (χ0v) is 15.7. The van der Waals surface area contributed by atoms with E-state index in [2.05, 4.69) is 103 Å². The van der Waals surface area contributed by atoms with E-state index < -0.39 is 0 Å². The lowest BCUT2D eigenvalue weighted by molar-refractivity contribution is 0.597. The highest BCUT2D eigenvalue weighted by molar-refractivity contribution is 9.09. The third kappa shape index (κ3) is 2.34. The fraction of sp³-hybridized carbons (Fsp3) is 0.217. The van der Waals surface area contributed by atoms with Crippen molar-refractivity contribution in [1.82, 2.24) is 0 Å². The lowest BCUT2D eigenvalue weighted by atomic mass is 9.77. The zero-order chi connectivity index (χ0) is 16.7. The van der Waals surface area contributed by atoms with Crippen molar-refractivity contribution in [2.75, 3.05) is 5.33 Å². The number of hydrogen-bond donors (Lipinski definition) is 0. The van der Waals surface area contributed by atoms with Gasteiger partial charge in [-0.15, -0.1) is 0 Å². The molecule has 0 N–H and O–H groups in total. The van der Waals surface area contributed by atoms with Gasteiger partial charge in [0.1, 0.15) is 0 Å². The van der Waals surface area contributed by atoms with Crippen molar-refractivity contribution >= 4 is 15.9 Å². The van der Waals surface area contributed by atoms with Crippen molar-refractivity contribution in [1.29, 1.82) is 0 Å². The molecule has 0 unspecified atom stereocenters. The number of hydrogen-bond acceptors (Lipinski definition) is 0. The first-order valence-electron chi connectivity index (χ1n) is 8.47. The molecule has 0 saturated heterocycles. The van der Waals surface area contributed by atoms with Gasteiger partial charge in [0.25, 0.3) is 0 Å². The van der Waals surface area contributed by atoms with E-state index in [-0.39, 0.29) is 5.41 Å². The van der Waals surface area contributed by atoms with Gasteiger partial charge in [-0.05, 0) is 38.8 Å². The molecule has 0 bridgehead atoms. The highest BCUT2D eigenvalue weighted by Gasteiger charge is 2.33. The first-order valence-corrected chi connectivity index (χ1v) is 9.59. The van der Waals surface area contributed by atoms with Gasteiger partial charge < -0.3 is 0 Å². The Bertz CT molecular complexity index is 846. The summed E-state index contributed by atoms with van der Waals surface area (Å²) >= 11 is 3.71. The number of rotatable bonds is 3. The molecule has 0 spiro atoms. The number of halogens is 1. The summed E-state index contributed by atoms with van der Waals surface area (Å²) in [6, 6.07) is 26.6. The summed E-state index contributed by atoms with van der Waals surface area (Å²) in [5.74, 6) is 0.326. The molecule has 0 fully saturated rings. The normalized spacial score (nSPS) is 13.6.